The fraction of sp³-hybridized carbons (Fsp3) is 0. The summed E-state index contributed by atoms with van der Waals surface area (Å²) in [5.41, 5.74) is 2.48. The highest BCUT2D eigenvalue weighted by atomic mass is 79.9. The van der Waals surface area contributed by atoms with Crippen molar-refractivity contribution in [3.63, 3.8) is 0 Å². The van der Waals surface area contributed by atoms with E-state index in [2.05, 4.69) is 43.2 Å². The van der Waals surface area contributed by atoms with Crippen molar-refractivity contribution in [3.8, 4) is 6.07 Å². The number of hydrogen-bond acceptors (Lipinski definition) is 2. The van der Waals surface area contributed by atoms with Gasteiger partial charge in [-0.3, -0.25) is 0 Å². The van der Waals surface area contributed by atoms with Gasteiger partial charge in [-0.25, -0.2) is 0 Å². The van der Waals surface area contributed by atoms with Gasteiger partial charge in [0, 0.05) is 20.3 Å². The highest BCUT2D eigenvalue weighted by Crippen LogP contribution is 2.24. The number of rotatable bonds is 2. The molecule has 0 saturated heterocycles. The van der Waals surface area contributed by atoms with Gasteiger partial charge in [-0.1, -0.05) is 37.9 Å². The molecule has 2 nitrogen and oxygen atoms in total. The van der Waals surface area contributed by atoms with Gasteiger partial charge in [0.25, 0.3) is 0 Å². The van der Waals surface area contributed by atoms with Gasteiger partial charge in [-0.05, 0) is 36.4 Å². The van der Waals surface area contributed by atoms with Crippen LogP contribution in [0.3, 0.4) is 0 Å². The third-order valence-electron chi connectivity index (χ3n) is 2.14. The Labute approximate surface area is 117 Å². The Morgan fingerprint density at radius 1 is 0.941 bits per heavy atom. The maximum atomic E-state index is 8.89. The second kappa shape index (κ2) is 5.35. The minimum absolute atomic E-state index is 0.622. The molecule has 0 aliphatic rings. The molecule has 0 unspecified atom stereocenters. The molecule has 0 heterocycles. The van der Waals surface area contributed by atoms with E-state index in [1.54, 1.807) is 6.07 Å². The number of nitriles is 1. The Bertz CT molecular complexity index is 588. The summed E-state index contributed by atoms with van der Waals surface area (Å²) in [6, 6.07) is 15.5. The van der Waals surface area contributed by atoms with E-state index in [1.165, 1.54) is 0 Å². The molecule has 0 bridgehead atoms. The van der Waals surface area contributed by atoms with Crippen LogP contribution in [0.4, 0.5) is 11.4 Å². The summed E-state index contributed by atoms with van der Waals surface area (Å²) in [4.78, 5) is 0. The smallest absolute Gasteiger partial charge is 0.0992 e. The molecule has 0 aromatic heterocycles. The highest BCUT2D eigenvalue weighted by Gasteiger charge is 2.00. The monoisotopic (exact) mass is 350 g/mol. The summed E-state index contributed by atoms with van der Waals surface area (Å²) in [7, 11) is 0. The lowest BCUT2D eigenvalue weighted by molar-refractivity contribution is 1.46. The van der Waals surface area contributed by atoms with Crippen LogP contribution in [-0.4, -0.2) is 0 Å². The third-order valence-corrected chi connectivity index (χ3v) is 3.09. The molecule has 17 heavy (non-hydrogen) atoms. The van der Waals surface area contributed by atoms with Crippen LogP contribution in [0.15, 0.2) is 51.4 Å². The Balaban J connectivity index is 2.30. The van der Waals surface area contributed by atoms with Crippen molar-refractivity contribution in [1.29, 1.82) is 5.26 Å². The maximum Gasteiger partial charge on any atom is 0.0992 e. The zero-order chi connectivity index (χ0) is 12.3. The SMILES string of the molecule is N#Cc1cc(Br)cc(Nc2cccc(Br)c2)c1. The van der Waals surface area contributed by atoms with Crippen LogP contribution < -0.4 is 5.32 Å². The van der Waals surface area contributed by atoms with Crippen molar-refractivity contribution in [2.24, 2.45) is 0 Å². The van der Waals surface area contributed by atoms with E-state index in [9.17, 15) is 0 Å². The minimum Gasteiger partial charge on any atom is -0.355 e. The first-order valence-corrected chi connectivity index (χ1v) is 6.49. The van der Waals surface area contributed by atoms with Crippen LogP contribution in [0, 0.1) is 11.3 Å². The van der Waals surface area contributed by atoms with Crippen LogP contribution in [0.5, 0.6) is 0 Å². The molecular weight excluding hydrogens is 344 g/mol. The maximum absolute atomic E-state index is 8.89. The van der Waals surface area contributed by atoms with Crippen LogP contribution in [0.25, 0.3) is 0 Å². The first kappa shape index (κ1) is 12.2. The van der Waals surface area contributed by atoms with E-state index >= 15 is 0 Å². The Kier molecular flexibility index (Phi) is 3.82. The summed E-state index contributed by atoms with van der Waals surface area (Å²) < 4.78 is 1.90. The molecule has 0 aliphatic carbocycles. The minimum atomic E-state index is 0.622. The lowest BCUT2D eigenvalue weighted by Crippen LogP contribution is -1.91. The van der Waals surface area contributed by atoms with E-state index in [4.69, 9.17) is 5.26 Å². The Hall–Kier alpha value is -1.31. The molecule has 2 rings (SSSR count). The van der Waals surface area contributed by atoms with Gasteiger partial charge in [0.15, 0.2) is 0 Å². The quantitative estimate of drug-likeness (QED) is 0.841. The fourth-order valence-electron chi connectivity index (χ4n) is 1.46. The van der Waals surface area contributed by atoms with Crippen LogP contribution in [-0.2, 0) is 0 Å². The first-order chi connectivity index (χ1) is 8.17. The lowest BCUT2D eigenvalue weighted by Gasteiger charge is -2.07. The summed E-state index contributed by atoms with van der Waals surface area (Å²) in [5, 5.41) is 12.1. The molecule has 0 spiro atoms. The van der Waals surface area contributed by atoms with Gasteiger partial charge in [0.05, 0.1) is 11.6 Å². The highest BCUT2D eigenvalue weighted by molar-refractivity contribution is 9.10. The Morgan fingerprint density at radius 3 is 2.41 bits per heavy atom. The molecule has 2 aromatic rings. The van der Waals surface area contributed by atoms with Crippen molar-refractivity contribution in [3.05, 3.63) is 57.0 Å². The van der Waals surface area contributed by atoms with Crippen LogP contribution in [0.2, 0.25) is 0 Å². The average Bonchev–Trinajstić information content (AvgIpc) is 2.28. The van der Waals surface area contributed by atoms with Crippen molar-refractivity contribution in [2.75, 3.05) is 5.32 Å². The zero-order valence-corrected chi connectivity index (χ0v) is 11.9. The topological polar surface area (TPSA) is 35.8 Å². The second-order valence-corrected chi connectivity index (χ2v) is 5.31. The molecule has 1 N–H and O–H groups in total. The van der Waals surface area contributed by atoms with Crippen LogP contribution >= 0.6 is 31.9 Å². The number of nitrogens with one attached hydrogen (secondary N) is 1. The van der Waals surface area contributed by atoms with Gasteiger partial charge in [0.2, 0.25) is 0 Å². The standard InChI is InChI=1S/C13H8Br2N2/c14-10-2-1-3-12(6-10)17-13-5-9(8-16)4-11(15)7-13/h1-7,17H. The second-order valence-electron chi connectivity index (χ2n) is 3.48. The van der Waals surface area contributed by atoms with E-state index < -0.39 is 0 Å². The zero-order valence-electron chi connectivity index (χ0n) is 8.74. The Morgan fingerprint density at radius 2 is 1.71 bits per heavy atom. The molecule has 0 atom stereocenters. The number of halogens is 2. The number of anilines is 2. The summed E-state index contributed by atoms with van der Waals surface area (Å²) in [6.07, 6.45) is 0. The largest absolute Gasteiger partial charge is 0.355 e. The first-order valence-electron chi connectivity index (χ1n) is 4.90. The lowest BCUT2D eigenvalue weighted by atomic mass is 10.2. The van der Waals surface area contributed by atoms with E-state index in [0.717, 1.165) is 20.3 Å². The van der Waals surface area contributed by atoms with E-state index in [-0.39, 0.29) is 0 Å². The normalized spacial score (nSPS) is 9.71. The summed E-state index contributed by atoms with van der Waals surface area (Å²) >= 11 is 6.80. The molecule has 0 radical (unpaired) electrons. The van der Waals surface area contributed by atoms with Gasteiger partial charge >= 0.3 is 0 Å². The molecular formula is C13H8Br2N2. The number of hydrogen-bond donors (Lipinski definition) is 1. The molecule has 0 aliphatic heterocycles. The molecule has 0 amide bonds. The van der Waals surface area contributed by atoms with Crippen molar-refractivity contribution in [1.82, 2.24) is 0 Å². The fourth-order valence-corrected chi connectivity index (χ4v) is 2.35. The molecule has 2 aromatic carbocycles. The molecule has 0 saturated carbocycles. The van der Waals surface area contributed by atoms with Gasteiger partial charge in [-0.15, -0.1) is 0 Å². The average molecular weight is 352 g/mol. The third kappa shape index (κ3) is 3.32. The van der Waals surface area contributed by atoms with E-state index in [0.29, 0.717) is 5.56 Å². The summed E-state index contributed by atoms with van der Waals surface area (Å²) in [5.74, 6) is 0. The van der Waals surface area contributed by atoms with Gasteiger partial charge in [-0.2, -0.15) is 5.26 Å². The molecule has 0 fully saturated rings. The van der Waals surface area contributed by atoms with Gasteiger partial charge < -0.3 is 5.32 Å². The number of nitrogens with zero attached hydrogens (tertiary/aromatic N) is 1. The van der Waals surface area contributed by atoms with Crippen molar-refractivity contribution < 1.29 is 0 Å². The van der Waals surface area contributed by atoms with Crippen molar-refractivity contribution in [2.45, 2.75) is 0 Å². The van der Waals surface area contributed by atoms with Gasteiger partial charge in [0.1, 0.15) is 0 Å². The summed E-state index contributed by atoms with van der Waals surface area (Å²) in [6.45, 7) is 0. The molecule has 4 heteroatoms. The number of benzene rings is 2. The predicted molar refractivity (Wildman–Crippen MR) is 76.3 cm³/mol. The van der Waals surface area contributed by atoms with Crippen LogP contribution in [0.1, 0.15) is 5.56 Å². The van der Waals surface area contributed by atoms with E-state index in [1.807, 2.05) is 36.4 Å². The molecule has 84 valence electrons. The van der Waals surface area contributed by atoms with Crippen molar-refractivity contribution >= 4 is 43.2 Å². The predicted octanol–water partition coefficient (Wildman–Crippen LogP) is 4.83.